The van der Waals surface area contributed by atoms with Gasteiger partial charge in [0, 0.05) is 35.9 Å². The van der Waals surface area contributed by atoms with Crippen LogP contribution in [-0.2, 0) is 12.8 Å². The summed E-state index contributed by atoms with van der Waals surface area (Å²) >= 11 is 3.58. The molecule has 4 rings (SSSR count). The van der Waals surface area contributed by atoms with Gasteiger partial charge in [0.05, 0.1) is 16.8 Å². The zero-order chi connectivity index (χ0) is 18.8. The van der Waals surface area contributed by atoms with Crippen LogP contribution in [0.25, 0.3) is 11.3 Å². The zero-order valence-corrected chi connectivity index (χ0v) is 16.5. The molecule has 0 saturated carbocycles. The van der Waals surface area contributed by atoms with E-state index >= 15 is 0 Å². The van der Waals surface area contributed by atoms with Crippen LogP contribution in [-0.4, -0.2) is 22.2 Å². The third-order valence-electron chi connectivity index (χ3n) is 5.37. The smallest absolute Gasteiger partial charge is 0.341 e. The van der Waals surface area contributed by atoms with Crippen molar-refractivity contribution in [3.8, 4) is 17.0 Å². The summed E-state index contributed by atoms with van der Waals surface area (Å²) in [7, 11) is 0. The average molecular weight is 418 g/mol. The van der Waals surface area contributed by atoms with Gasteiger partial charge < -0.3 is 14.4 Å². The van der Waals surface area contributed by atoms with Gasteiger partial charge in [0.1, 0.15) is 11.3 Å². The Morgan fingerprint density at radius 2 is 2.04 bits per heavy atom. The number of rotatable bonds is 1. The van der Waals surface area contributed by atoms with Gasteiger partial charge in [-0.15, -0.1) is 0 Å². The third-order valence-corrected chi connectivity index (χ3v) is 5.96. The summed E-state index contributed by atoms with van der Waals surface area (Å²) < 4.78 is 8.63. The molecule has 136 valence electrons. The van der Waals surface area contributed by atoms with Crippen molar-refractivity contribution in [2.45, 2.75) is 39.7 Å². The molecule has 2 aromatic rings. The van der Waals surface area contributed by atoms with Crippen LogP contribution in [0.15, 0.2) is 27.6 Å². The number of ether oxygens (including phenoxy) is 1. The summed E-state index contributed by atoms with van der Waals surface area (Å²) in [5, 5.41) is 9.39. The quantitative estimate of drug-likeness (QED) is 0.759. The van der Waals surface area contributed by atoms with Gasteiger partial charge >= 0.3 is 5.97 Å². The van der Waals surface area contributed by atoms with E-state index in [4.69, 9.17) is 4.74 Å². The van der Waals surface area contributed by atoms with Crippen LogP contribution in [0, 0.1) is 5.41 Å². The van der Waals surface area contributed by atoms with E-state index in [1.807, 2.05) is 10.6 Å². The second-order valence-corrected chi connectivity index (χ2v) is 8.88. The second-order valence-electron chi connectivity index (χ2n) is 8.03. The molecule has 2 aliphatic heterocycles. The Kier molecular flexibility index (Phi) is 3.81. The number of benzene rings is 1. The molecule has 1 aromatic heterocycles. The number of fused-ring (bicyclic) bond motifs is 5. The molecule has 0 saturated heterocycles. The van der Waals surface area contributed by atoms with E-state index < -0.39 is 11.4 Å². The van der Waals surface area contributed by atoms with Crippen molar-refractivity contribution in [3.05, 3.63) is 49.7 Å². The highest BCUT2D eigenvalue weighted by Gasteiger charge is 2.36. The molecule has 0 amide bonds. The number of hydrogen-bond donors (Lipinski definition) is 1. The van der Waals surface area contributed by atoms with Crippen LogP contribution in [0.5, 0.6) is 5.75 Å². The van der Waals surface area contributed by atoms with Crippen LogP contribution in [0.1, 0.15) is 48.3 Å². The molecular weight excluding hydrogens is 398 g/mol. The van der Waals surface area contributed by atoms with E-state index in [1.165, 1.54) is 23.4 Å². The van der Waals surface area contributed by atoms with E-state index in [-0.39, 0.29) is 17.0 Å². The summed E-state index contributed by atoms with van der Waals surface area (Å²) in [5.41, 5.74) is 3.42. The highest BCUT2D eigenvalue weighted by molar-refractivity contribution is 9.10. The lowest BCUT2D eigenvalue weighted by atomic mass is 9.77. The number of nitrogens with zero attached hydrogens (tertiary/aromatic N) is 1. The Morgan fingerprint density at radius 1 is 1.31 bits per heavy atom. The number of pyridine rings is 1. The van der Waals surface area contributed by atoms with Crippen molar-refractivity contribution >= 4 is 21.9 Å². The van der Waals surface area contributed by atoms with Gasteiger partial charge in [0.25, 0.3) is 0 Å². The molecule has 1 atom stereocenters. The van der Waals surface area contributed by atoms with Crippen LogP contribution >= 0.6 is 15.9 Å². The first kappa shape index (κ1) is 17.3. The lowest BCUT2D eigenvalue weighted by Gasteiger charge is -2.39. The van der Waals surface area contributed by atoms with Gasteiger partial charge in [-0.05, 0) is 39.4 Å². The third kappa shape index (κ3) is 2.50. The summed E-state index contributed by atoms with van der Waals surface area (Å²) in [6, 6.07) is 3.51. The highest BCUT2D eigenvalue weighted by atomic mass is 79.9. The van der Waals surface area contributed by atoms with Gasteiger partial charge in [0.15, 0.2) is 5.43 Å². The molecule has 0 fully saturated rings. The Balaban J connectivity index is 2.06. The van der Waals surface area contributed by atoms with Crippen molar-refractivity contribution < 1.29 is 14.6 Å². The molecule has 0 unspecified atom stereocenters. The van der Waals surface area contributed by atoms with Crippen LogP contribution < -0.4 is 10.2 Å². The first-order valence-corrected chi connectivity index (χ1v) is 9.44. The monoisotopic (exact) mass is 417 g/mol. The van der Waals surface area contributed by atoms with E-state index in [2.05, 4.69) is 36.7 Å². The molecule has 2 aliphatic rings. The van der Waals surface area contributed by atoms with Crippen molar-refractivity contribution in [3.63, 3.8) is 0 Å². The summed E-state index contributed by atoms with van der Waals surface area (Å²) in [4.78, 5) is 23.9. The minimum atomic E-state index is -1.19. The lowest BCUT2D eigenvalue weighted by molar-refractivity contribution is 0.0693. The minimum Gasteiger partial charge on any atom is -0.492 e. The average Bonchev–Trinajstić information content (AvgIpc) is 3.03. The fraction of sp³-hybridized carbons (Fsp3) is 0.400. The van der Waals surface area contributed by atoms with Crippen molar-refractivity contribution in [1.29, 1.82) is 0 Å². The summed E-state index contributed by atoms with van der Waals surface area (Å²) in [6.45, 7) is 7.08. The van der Waals surface area contributed by atoms with E-state index in [9.17, 15) is 14.7 Å². The maximum absolute atomic E-state index is 12.4. The first-order chi connectivity index (χ1) is 12.2. The molecule has 0 aliphatic carbocycles. The Labute approximate surface area is 159 Å². The SMILES string of the molecule is CC(C)(C)[C@@H]1Cc2c(cc(Br)c3c2CCO3)-c2cc(=O)c(C(=O)O)cn21. The topological polar surface area (TPSA) is 68.5 Å². The van der Waals surface area contributed by atoms with Gasteiger partial charge in [-0.2, -0.15) is 0 Å². The van der Waals surface area contributed by atoms with E-state index in [1.54, 1.807) is 0 Å². The van der Waals surface area contributed by atoms with Gasteiger partial charge in [-0.1, -0.05) is 20.8 Å². The molecule has 0 radical (unpaired) electrons. The molecule has 3 heterocycles. The lowest BCUT2D eigenvalue weighted by Crippen LogP contribution is -2.33. The van der Waals surface area contributed by atoms with Gasteiger partial charge in [0.2, 0.25) is 0 Å². The van der Waals surface area contributed by atoms with Gasteiger partial charge in [-0.3, -0.25) is 4.79 Å². The van der Waals surface area contributed by atoms with E-state index in [0.717, 1.165) is 34.3 Å². The number of carboxylic acid groups (broad SMARTS) is 1. The molecular formula is C20H20BrNO4. The second kappa shape index (κ2) is 5.71. The maximum Gasteiger partial charge on any atom is 0.341 e. The van der Waals surface area contributed by atoms with Crippen molar-refractivity contribution in [2.75, 3.05) is 6.61 Å². The molecule has 0 spiro atoms. The number of hydrogen-bond acceptors (Lipinski definition) is 3. The Hall–Kier alpha value is -2.08. The summed E-state index contributed by atoms with van der Waals surface area (Å²) in [5.74, 6) is -0.290. The number of halogens is 1. The van der Waals surface area contributed by atoms with Crippen molar-refractivity contribution in [1.82, 2.24) is 4.57 Å². The zero-order valence-electron chi connectivity index (χ0n) is 14.9. The van der Waals surface area contributed by atoms with Crippen molar-refractivity contribution in [2.24, 2.45) is 5.41 Å². The molecule has 6 heteroatoms. The predicted octanol–water partition coefficient (Wildman–Crippen LogP) is 4.05. The largest absolute Gasteiger partial charge is 0.492 e. The minimum absolute atomic E-state index is 0.0505. The fourth-order valence-corrected chi connectivity index (χ4v) is 4.64. The number of carbonyl (C=O) groups is 1. The Bertz CT molecular complexity index is 1000. The van der Waals surface area contributed by atoms with Crippen LogP contribution in [0.2, 0.25) is 0 Å². The molecule has 1 aromatic carbocycles. The predicted molar refractivity (Wildman–Crippen MR) is 102 cm³/mol. The normalized spacial score (nSPS) is 17.9. The first-order valence-electron chi connectivity index (χ1n) is 8.65. The molecule has 5 nitrogen and oxygen atoms in total. The van der Waals surface area contributed by atoms with Crippen LogP contribution in [0.4, 0.5) is 0 Å². The van der Waals surface area contributed by atoms with E-state index in [0.29, 0.717) is 6.61 Å². The number of aromatic nitrogens is 1. The van der Waals surface area contributed by atoms with Crippen LogP contribution in [0.3, 0.4) is 0 Å². The molecule has 0 bridgehead atoms. The number of carboxylic acids is 1. The standard InChI is InChI=1S/C20H20BrNO4/c1-20(2,3)17-7-11-10-4-5-26-18(10)14(21)6-12(11)15-8-16(23)13(19(24)25)9-22(15)17/h6,8-9,17H,4-5,7H2,1-3H3,(H,24,25)/t17-/m0/s1. The molecule has 1 N–H and O–H groups in total. The Morgan fingerprint density at radius 3 is 2.69 bits per heavy atom. The van der Waals surface area contributed by atoms with Gasteiger partial charge in [-0.25, -0.2) is 4.79 Å². The fourth-order valence-electron chi connectivity index (χ4n) is 4.06. The number of aromatic carboxylic acids is 1. The maximum atomic E-state index is 12.4. The molecule has 26 heavy (non-hydrogen) atoms. The highest BCUT2D eigenvalue weighted by Crippen LogP contribution is 2.48. The summed E-state index contributed by atoms with van der Waals surface area (Å²) in [6.07, 6.45) is 3.15.